The van der Waals surface area contributed by atoms with Crippen molar-refractivity contribution in [1.82, 2.24) is 9.55 Å². The molecule has 0 aliphatic heterocycles. The fourth-order valence-corrected chi connectivity index (χ4v) is 2.25. The normalized spacial score (nSPS) is 11.2. The molecule has 0 aliphatic rings. The van der Waals surface area contributed by atoms with E-state index in [0.29, 0.717) is 16.2 Å². The number of carbonyl (C=O) groups is 1. The molecule has 0 radical (unpaired) electrons. The summed E-state index contributed by atoms with van der Waals surface area (Å²) in [5, 5.41) is 0. The molecule has 3 aromatic rings. The molecular formula is C16H10F4N2O2. The molecule has 0 aliphatic carbocycles. The highest BCUT2D eigenvalue weighted by Gasteiger charge is 2.19. The zero-order valence-electron chi connectivity index (χ0n) is 12.0. The molecule has 1 heterocycles. The largest absolute Gasteiger partial charge is 0.454 e. The molecule has 0 amide bonds. The van der Waals surface area contributed by atoms with Crippen molar-refractivity contribution in [3.05, 3.63) is 65.5 Å². The minimum absolute atomic E-state index is 0.151. The first kappa shape index (κ1) is 16.0. The monoisotopic (exact) mass is 338 g/mol. The molecule has 124 valence electrons. The first-order valence-corrected chi connectivity index (χ1v) is 6.83. The molecule has 1 aromatic heterocycles. The van der Waals surface area contributed by atoms with Gasteiger partial charge >= 0.3 is 12.5 Å². The second-order valence-electron chi connectivity index (χ2n) is 4.87. The van der Waals surface area contributed by atoms with Crippen molar-refractivity contribution in [1.29, 1.82) is 0 Å². The Morgan fingerprint density at radius 3 is 2.58 bits per heavy atom. The summed E-state index contributed by atoms with van der Waals surface area (Å²) < 4.78 is 57.9. The molecule has 0 spiro atoms. The second kappa shape index (κ2) is 6.31. The minimum Gasteiger partial charge on any atom is -0.454 e. The van der Waals surface area contributed by atoms with E-state index in [1.54, 1.807) is 18.2 Å². The highest BCUT2D eigenvalue weighted by atomic mass is 19.3. The van der Waals surface area contributed by atoms with Crippen LogP contribution in [0, 0.1) is 11.6 Å². The van der Waals surface area contributed by atoms with Crippen molar-refractivity contribution >= 4 is 17.0 Å². The summed E-state index contributed by atoms with van der Waals surface area (Å²) in [6.45, 7) is -3.40. The number of nitrogens with zero attached hydrogens (tertiary/aromatic N) is 2. The third-order valence-electron chi connectivity index (χ3n) is 3.35. The maximum atomic E-state index is 13.2. The average molecular weight is 338 g/mol. The highest BCUT2D eigenvalue weighted by Crippen LogP contribution is 2.23. The highest BCUT2D eigenvalue weighted by molar-refractivity contribution is 5.89. The van der Waals surface area contributed by atoms with Crippen LogP contribution in [0.2, 0.25) is 0 Å². The summed E-state index contributed by atoms with van der Waals surface area (Å²) in [5.41, 5.74) is 0.302. The third kappa shape index (κ3) is 2.94. The van der Waals surface area contributed by atoms with Crippen molar-refractivity contribution in [2.45, 2.75) is 13.2 Å². The number of alkyl halides is 2. The van der Waals surface area contributed by atoms with Gasteiger partial charge < -0.3 is 4.74 Å². The molecule has 0 bridgehead atoms. The van der Waals surface area contributed by atoms with Gasteiger partial charge in [0, 0.05) is 0 Å². The third-order valence-corrected chi connectivity index (χ3v) is 3.35. The van der Waals surface area contributed by atoms with E-state index < -0.39 is 30.8 Å². The topological polar surface area (TPSA) is 44.1 Å². The van der Waals surface area contributed by atoms with Gasteiger partial charge in [0.05, 0.1) is 16.6 Å². The number of fused-ring (bicyclic) bond motifs is 1. The Morgan fingerprint density at radius 1 is 1.12 bits per heavy atom. The molecule has 2 aromatic carbocycles. The Morgan fingerprint density at radius 2 is 1.88 bits per heavy atom. The van der Waals surface area contributed by atoms with Crippen molar-refractivity contribution in [2.24, 2.45) is 0 Å². The maximum Gasteiger partial charge on any atom is 0.338 e. The van der Waals surface area contributed by atoms with Gasteiger partial charge in [0.1, 0.15) is 6.61 Å². The van der Waals surface area contributed by atoms with Gasteiger partial charge in [-0.2, -0.15) is 8.78 Å². The van der Waals surface area contributed by atoms with E-state index in [2.05, 4.69) is 4.98 Å². The molecule has 8 heteroatoms. The number of benzene rings is 2. The number of carbonyl (C=O) groups excluding carboxylic acids is 1. The van der Waals surface area contributed by atoms with E-state index in [4.69, 9.17) is 4.74 Å². The van der Waals surface area contributed by atoms with Crippen molar-refractivity contribution < 1.29 is 27.1 Å². The standard InChI is InChI=1S/C16H10F4N2O2/c17-10-6-5-9(7-11(10)18)15(23)24-8-14-21-12-3-1-2-4-13(12)22(14)16(19)20/h1-7,16H,8H2. The molecule has 0 saturated carbocycles. The molecule has 0 atom stereocenters. The summed E-state index contributed by atoms with van der Waals surface area (Å²) >= 11 is 0. The molecule has 0 fully saturated rings. The van der Waals surface area contributed by atoms with E-state index in [1.165, 1.54) is 6.07 Å². The van der Waals surface area contributed by atoms with Crippen molar-refractivity contribution in [2.75, 3.05) is 0 Å². The molecule has 4 nitrogen and oxygen atoms in total. The lowest BCUT2D eigenvalue weighted by atomic mass is 10.2. The van der Waals surface area contributed by atoms with E-state index >= 15 is 0 Å². The van der Waals surface area contributed by atoms with Gasteiger partial charge in [-0.15, -0.1) is 0 Å². The number of hydrogen-bond acceptors (Lipinski definition) is 3. The van der Waals surface area contributed by atoms with Gasteiger partial charge in [0.15, 0.2) is 17.5 Å². The molecule has 3 rings (SSSR count). The van der Waals surface area contributed by atoms with E-state index in [9.17, 15) is 22.4 Å². The number of aromatic nitrogens is 2. The van der Waals surface area contributed by atoms with Crippen molar-refractivity contribution in [3.63, 3.8) is 0 Å². The average Bonchev–Trinajstić information content (AvgIpc) is 2.93. The summed E-state index contributed by atoms with van der Waals surface area (Å²) in [6, 6.07) is 8.73. The van der Waals surface area contributed by atoms with Crippen LogP contribution in [0.4, 0.5) is 17.6 Å². The number of para-hydroxylation sites is 2. The number of rotatable bonds is 4. The number of imidazole rings is 1. The zero-order valence-corrected chi connectivity index (χ0v) is 12.0. The quantitative estimate of drug-likeness (QED) is 0.532. The Kier molecular flexibility index (Phi) is 4.20. The van der Waals surface area contributed by atoms with Gasteiger partial charge in [-0.1, -0.05) is 12.1 Å². The van der Waals surface area contributed by atoms with Crippen molar-refractivity contribution in [3.8, 4) is 0 Å². The summed E-state index contributed by atoms with van der Waals surface area (Å²) in [7, 11) is 0. The lowest BCUT2D eigenvalue weighted by Crippen LogP contribution is -2.11. The number of halogens is 4. The van der Waals surface area contributed by atoms with Crippen LogP contribution in [-0.2, 0) is 11.3 Å². The minimum atomic E-state index is -2.87. The SMILES string of the molecule is O=C(OCc1nc2ccccc2n1C(F)F)c1ccc(F)c(F)c1. The zero-order chi connectivity index (χ0) is 17.3. The van der Waals surface area contributed by atoms with Crippen LogP contribution < -0.4 is 0 Å². The van der Waals surface area contributed by atoms with Crippen LogP contribution in [0.5, 0.6) is 0 Å². The molecule has 24 heavy (non-hydrogen) atoms. The molecule has 0 saturated heterocycles. The van der Waals surface area contributed by atoms with Crippen LogP contribution in [0.15, 0.2) is 42.5 Å². The Labute approximate surface area is 133 Å². The van der Waals surface area contributed by atoms with E-state index in [0.717, 1.165) is 12.1 Å². The van der Waals surface area contributed by atoms with Crippen LogP contribution in [0.25, 0.3) is 11.0 Å². The lowest BCUT2D eigenvalue weighted by molar-refractivity contribution is 0.0387. The van der Waals surface area contributed by atoms with Gasteiger partial charge in [-0.3, -0.25) is 4.57 Å². The van der Waals surface area contributed by atoms with Crippen LogP contribution in [0.3, 0.4) is 0 Å². The lowest BCUT2D eigenvalue weighted by Gasteiger charge is -2.08. The summed E-state index contributed by atoms with van der Waals surface area (Å²) in [6.07, 6.45) is 0. The number of hydrogen-bond donors (Lipinski definition) is 0. The Bertz CT molecular complexity index is 908. The van der Waals surface area contributed by atoms with Crippen LogP contribution in [-0.4, -0.2) is 15.5 Å². The van der Waals surface area contributed by atoms with Crippen LogP contribution in [0.1, 0.15) is 22.7 Å². The predicted molar refractivity (Wildman–Crippen MR) is 76.5 cm³/mol. The first-order valence-electron chi connectivity index (χ1n) is 6.83. The van der Waals surface area contributed by atoms with Crippen LogP contribution >= 0.6 is 0 Å². The smallest absolute Gasteiger partial charge is 0.338 e. The fourth-order valence-electron chi connectivity index (χ4n) is 2.25. The van der Waals surface area contributed by atoms with Gasteiger partial charge in [0.2, 0.25) is 0 Å². The maximum absolute atomic E-state index is 13.2. The number of esters is 1. The molecule has 0 unspecified atom stereocenters. The Hall–Kier alpha value is -2.90. The fraction of sp³-hybridized carbons (Fsp3) is 0.125. The van der Waals surface area contributed by atoms with Gasteiger partial charge in [0.25, 0.3) is 0 Å². The predicted octanol–water partition coefficient (Wildman–Crippen LogP) is 4.07. The number of ether oxygens (including phenoxy) is 1. The van der Waals surface area contributed by atoms with E-state index in [1.807, 2.05) is 0 Å². The molecule has 0 N–H and O–H groups in total. The second-order valence-corrected chi connectivity index (χ2v) is 4.87. The first-order chi connectivity index (χ1) is 11.5. The van der Waals surface area contributed by atoms with E-state index in [-0.39, 0.29) is 16.9 Å². The summed E-state index contributed by atoms with van der Waals surface area (Å²) in [4.78, 5) is 15.8. The Balaban J connectivity index is 1.83. The molecular weight excluding hydrogens is 328 g/mol. The summed E-state index contributed by atoms with van der Waals surface area (Å²) in [5.74, 6) is -3.43. The van der Waals surface area contributed by atoms with Gasteiger partial charge in [-0.25, -0.2) is 18.6 Å². The van der Waals surface area contributed by atoms with Gasteiger partial charge in [-0.05, 0) is 30.3 Å².